The number of thiophene rings is 1. The molecule has 6 nitrogen and oxygen atoms in total. The molecule has 0 spiro atoms. The van der Waals surface area contributed by atoms with E-state index in [2.05, 4.69) is 39.9 Å². The summed E-state index contributed by atoms with van der Waals surface area (Å²) in [7, 11) is 0. The van der Waals surface area contributed by atoms with Crippen LogP contribution >= 0.6 is 46.8 Å². The number of nitrogens with zero attached hydrogens (tertiary/aromatic N) is 3. The molecule has 10 heteroatoms. The van der Waals surface area contributed by atoms with Crippen molar-refractivity contribution in [2.75, 3.05) is 5.32 Å². The molecule has 1 amide bonds. The minimum atomic E-state index is -0.383. The van der Waals surface area contributed by atoms with Crippen molar-refractivity contribution in [2.45, 2.75) is 33.1 Å². The average molecular weight is 569 g/mol. The van der Waals surface area contributed by atoms with E-state index >= 15 is 0 Å². The highest BCUT2D eigenvalue weighted by atomic mass is 35.5. The second-order valence-electron chi connectivity index (χ2n) is 8.71. The number of halogens is 2. The van der Waals surface area contributed by atoms with Crippen molar-refractivity contribution < 1.29 is 4.79 Å². The minimum Gasteiger partial charge on any atom is -0.332 e. The Morgan fingerprint density at radius 3 is 2.51 bits per heavy atom. The Labute approximate surface area is 233 Å². The number of aromatic nitrogens is 3. The number of benzene rings is 3. The number of unbranched alkanes of at least 4 members (excludes halogenated alkanes) is 1. The van der Waals surface area contributed by atoms with Crippen molar-refractivity contribution in [3.63, 3.8) is 0 Å². The van der Waals surface area contributed by atoms with Gasteiger partial charge in [0.1, 0.15) is 15.9 Å². The predicted octanol–water partition coefficient (Wildman–Crippen LogP) is 7.72. The lowest BCUT2D eigenvalue weighted by Gasteiger charge is -2.11. The predicted molar refractivity (Wildman–Crippen MR) is 158 cm³/mol. The second kappa shape index (κ2) is 10.8. The van der Waals surface area contributed by atoms with Crippen molar-refractivity contribution in [2.24, 2.45) is 0 Å². The van der Waals surface area contributed by atoms with Crippen LogP contribution in [0.1, 0.15) is 40.6 Å². The van der Waals surface area contributed by atoms with Gasteiger partial charge < -0.3 is 5.32 Å². The molecule has 0 saturated heterocycles. The lowest BCUT2D eigenvalue weighted by Crippen LogP contribution is -2.34. The number of amides is 1. The Balaban J connectivity index is 1.32. The van der Waals surface area contributed by atoms with Gasteiger partial charge in [0.25, 0.3) is 5.91 Å². The first kappa shape index (κ1) is 25.6. The summed E-state index contributed by atoms with van der Waals surface area (Å²) in [5.74, 6) is -0.383. The maximum Gasteiger partial charge on any atom is 0.269 e. The first-order chi connectivity index (χ1) is 17.8. The van der Waals surface area contributed by atoms with Crippen LogP contribution in [-0.4, -0.2) is 26.0 Å². The van der Waals surface area contributed by atoms with Crippen molar-refractivity contribution in [3.05, 3.63) is 80.6 Å². The highest BCUT2D eigenvalue weighted by molar-refractivity contribution is 7.80. The number of hydrogen-bond acceptors (Lipinski definition) is 5. The van der Waals surface area contributed by atoms with E-state index in [1.54, 1.807) is 23.0 Å². The molecule has 0 aliphatic heterocycles. The zero-order valence-electron chi connectivity index (χ0n) is 20.1. The van der Waals surface area contributed by atoms with Crippen LogP contribution in [0.3, 0.4) is 0 Å². The smallest absolute Gasteiger partial charge is 0.269 e. The third-order valence-electron chi connectivity index (χ3n) is 5.99. The van der Waals surface area contributed by atoms with Crippen LogP contribution in [0.2, 0.25) is 10.0 Å². The highest BCUT2D eigenvalue weighted by Crippen LogP contribution is 2.36. The molecule has 0 aliphatic rings. The molecule has 0 fully saturated rings. The number of fused-ring (bicyclic) bond motifs is 2. The first-order valence-corrected chi connectivity index (χ1v) is 13.8. The number of nitrogens with one attached hydrogen (secondary N) is 2. The summed E-state index contributed by atoms with van der Waals surface area (Å²) >= 11 is 19.2. The van der Waals surface area contributed by atoms with E-state index in [1.807, 2.05) is 31.2 Å². The minimum absolute atomic E-state index is 0.161. The molecule has 2 heterocycles. The standard InChI is InChI=1S/C27H23Cl2N5OS2/c1-3-4-5-16-6-9-18(10-7-16)34-32-21-12-15(2)20(14-22(21)33-34)30-27(36)31-26(35)25-24(29)19-11-8-17(28)13-23(19)37-25/h6-14H,3-5H2,1-2H3,(H2,30,31,35,36). The van der Waals surface area contributed by atoms with Crippen LogP contribution in [0.4, 0.5) is 5.69 Å². The Bertz CT molecular complexity index is 1640. The van der Waals surface area contributed by atoms with Crippen molar-refractivity contribution >= 4 is 84.6 Å². The van der Waals surface area contributed by atoms with Gasteiger partial charge in [0.05, 0.1) is 10.7 Å². The third kappa shape index (κ3) is 5.48. The molecular formula is C27H23Cl2N5OS2. The van der Waals surface area contributed by atoms with Gasteiger partial charge in [0.15, 0.2) is 5.11 Å². The lowest BCUT2D eigenvalue weighted by atomic mass is 10.1. The van der Waals surface area contributed by atoms with E-state index in [-0.39, 0.29) is 11.0 Å². The van der Waals surface area contributed by atoms with Crippen molar-refractivity contribution in [3.8, 4) is 5.69 Å². The van der Waals surface area contributed by atoms with Gasteiger partial charge in [0, 0.05) is 20.8 Å². The molecule has 188 valence electrons. The molecular weight excluding hydrogens is 545 g/mol. The lowest BCUT2D eigenvalue weighted by molar-refractivity contribution is 0.0982. The van der Waals surface area contributed by atoms with Gasteiger partial charge in [-0.2, -0.15) is 4.80 Å². The average Bonchev–Trinajstić information content (AvgIpc) is 3.43. The van der Waals surface area contributed by atoms with E-state index in [1.165, 1.54) is 29.7 Å². The summed E-state index contributed by atoms with van der Waals surface area (Å²) in [5.41, 5.74) is 5.33. The van der Waals surface area contributed by atoms with Gasteiger partial charge in [-0.3, -0.25) is 10.1 Å². The summed E-state index contributed by atoms with van der Waals surface area (Å²) in [6.07, 6.45) is 3.41. The molecule has 0 aliphatic carbocycles. The molecule has 3 aromatic carbocycles. The topological polar surface area (TPSA) is 71.8 Å². The molecule has 0 radical (unpaired) electrons. The molecule has 5 aromatic rings. The van der Waals surface area contributed by atoms with Gasteiger partial charge in [-0.1, -0.05) is 54.7 Å². The van der Waals surface area contributed by atoms with Gasteiger partial charge in [-0.15, -0.1) is 21.5 Å². The van der Waals surface area contributed by atoms with Crippen molar-refractivity contribution in [1.29, 1.82) is 0 Å². The van der Waals surface area contributed by atoms with E-state index in [9.17, 15) is 4.79 Å². The SMILES string of the molecule is CCCCc1ccc(-n2nc3cc(C)c(NC(=S)NC(=O)c4sc5cc(Cl)ccc5c4Cl)cc3n2)cc1. The Morgan fingerprint density at radius 2 is 1.78 bits per heavy atom. The zero-order chi connectivity index (χ0) is 26.1. The molecule has 37 heavy (non-hydrogen) atoms. The van der Waals surface area contributed by atoms with Crippen LogP contribution in [0.5, 0.6) is 0 Å². The molecule has 5 rings (SSSR count). The molecule has 0 unspecified atom stereocenters. The second-order valence-corrected chi connectivity index (χ2v) is 11.0. The summed E-state index contributed by atoms with van der Waals surface area (Å²) in [6, 6.07) is 17.5. The fourth-order valence-corrected chi connectivity index (χ4v) is 5.88. The van der Waals surface area contributed by atoms with E-state index < -0.39 is 0 Å². The maximum atomic E-state index is 12.9. The van der Waals surface area contributed by atoms with Gasteiger partial charge in [-0.05, 0) is 79.5 Å². The Morgan fingerprint density at radius 1 is 1.05 bits per heavy atom. The fourth-order valence-electron chi connectivity index (χ4n) is 3.99. The number of rotatable bonds is 6. The third-order valence-corrected chi connectivity index (χ3v) is 8.08. The summed E-state index contributed by atoms with van der Waals surface area (Å²) in [4.78, 5) is 14.9. The number of anilines is 1. The van der Waals surface area contributed by atoms with Crippen LogP contribution < -0.4 is 10.6 Å². The molecule has 2 N–H and O–H groups in total. The van der Waals surface area contributed by atoms with E-state index in [0.29, 0.717) is 20.4 Å². The van der Waals surface area contributed by atoms with Gasteiger partial charge >= 0.3 is 0 Å². The highest BCUT2D eigenvalue weighted by Gasteiger charge is 2.19. The van der Waals surface area contributed by atoms with Crippen LogP contribution in [0, 0.1) is 6.92 Å². The number of carbonyl (C=O) groups is 1. The Hall–Kier alpha value is -3.04. The first-order valence-electron chi connectivity index (χ1n) is 11.8. The van der Waals surface area contributed by atoms with Crippen LogP contribution in [0.15, 0.2) is 54.6 Å². The molecule has 0 bridgehead atoms. The molecule has 0 saturated carbocycles. The quantitative estimate of drug-likeness (QED) is 0.205. The summed E-state index contributed by atoms with van der Waals surface area (Å²) in [6.45, 7) is 4.14. The maximum absolute atomic E-state index is 12.9. The van der Waals surface area contributed by atoms with Gasteiger partial charge in [-0.25, -0.2) is 0 Å². The summed E-state index contributed by atoms with van der Waals surface area (Å²) in [5, 5.41) is 17.0. The van der Waals surface area contributed by atoms with E-state index in [0.717, 1.165) is 39.0 Å². The number of aryl methyl sites for hydroxylation is 2. The number of thiocarbonyl (C=S) groups is 1. The monoisotopic (exact) mass is 567 g/mol. The normalized spacial score (nSPS) is 11.2. The summed E-state index contributed by atoms with van der Waals surface area (Å²) < 4.78 is 0.835. The number of hydrogen-bond donors (Lipinski definition) is 2. The van der Waals surface area contributed by atoms with Crippen LogP contribution in [0.25, 0.3) is 26.8 Å². The van der Waals surface area contributed by atoms with Gasteiger partial charge in [0.2, 0.25) is 0 Å². The zero-order valence-corrected chi connectivity index (χ0v) is 23.3. The van der Waals surface area contributed by atoms with Crippen LogP contribution in [-0.2, 0) is 6.42 Å². The van der Waals surface area contributed by atoms with Crippen molar-refractivity contribution in [1.82, 2.24) is 20.3 Å². The van der Waals surface area contributed by atoms with E-state index in [4.69, 9.17) is 35.4 Å². The molecule has 0 atom stereocenters. The number of carbonyl (C=O) groups excluding carboxylic acids is 1. The Kier molecular flexibility index (Phi) is 7.44. The largest absolute Gasteiger partial charge is 0.332 e. The fraction of sp³-hybridized carbons (Fsp3) is 0.185. The molecule has 2 aromatic heterocycles.